The van der Waals surface area contributed by atoms with E-state index in [1.54, 1.807) is 0 Å². The molecule has 6 aliphatic heterocycles. The molecular weight excluding hydrogens is 374 g/mol. The normalized spacial score (nSPS) is 51.1. The maximum atomic E-state index is 12.2. The highest BCUT2D eigenvalue weighted by Crippen LogP contribution is 2.73. The molecule has 7 heteroatoms. The summed E-state index contributed by atoms with van der Waals surface area (Å²) in [6.07, 6.45) is 5.95. The van der Waals surface area contributed by atoms with Crippen LogP contribution in [0.25, 0.3) is 0 Å². The first kappa shape index (κ1) is 18.2. The molecule has 5 fully saturated rings. The first-order valence-corrected chi connectivity index (χ1v) is 11.0. The third-order valence-corrected chi connectivity index (χ3v) is 8.56. The molecule has 0 aliphatic carbocycles. The standard InChI is InChI=1S/C22H29NO6/c1-4-5-7-21-14-6-8-23(21)13-9-15(21)28-22(14)16(13)11(2)17(29-22)19-18(26-3)12(10-24)20(25)27-19/h11,13-16,24H,4-10H2,1-3H3/t11-,13-,14+,15-,16+,21-,22+/m0/s1. The Balaban J connectivity index is 1.46. The first-order chi connectivity index (χ1) is 14.0. The molecule has 7 nitrogen and oxygen atoms in total. The van der Waals surface area contributed by atoms with Gasteiger partial charge in [0.2, 0.25) is 11.5 Å². The molecule has 0 aromatic heterocycles. The van der Waals surface area contributed by atoms with Gasteiger partial charge in [-0.25, -0.2) is 4.79 Å². The lowest BCUT2D eigenvalue weighted by molar-refractivity contribution is -0.256. The van der Waals surface area contributed by atoms with Crippen LogP contribution in [-0.4, -0.2) is 59.7 Å². The number of piperidine rings is 1. The van der Waals surface area contributed by atoms with E-state index in [1.165, 1.54) is 26.4 Å². The number of carbonyl (C=O) groups excluding carboxylic acids is 1. The highest BCUT2D eigenvalue weighted by atomic mass is 16.7. The van der Waals surface area contributed by atoms with Crippen LogP contribution in [-0.2, 0) is 23.7 Å². The van der Waals surface area contributed by atoms with Gasteiger partial charge in [-0.2, -0.15) is 0 Å². The Morgan fingerprint density at radius 1 is 1.38 bits per heavy atom. The van der Waals surface area contributed by atoms with Crippen molar-refractivity contribution in [3.8, 4) is 0 Å². The van der Waals surface area contributed by atoms with Gasteiger partial charge in [0.15, 0.2) is 5.76 Å². The van der Waals surface area contributed by atoms with Gasteiger partial charge in [-0.1, -0.05) is 26.7 Å². The Hall–Kier alpha value is -1.57. The van der Waals surface area contributed by atoms with E-state index in [2.05, 4.69) is 18.7 Å². The Morgan fingerprint density at radius 3 is 2.93 bits per heavy atom. The summed E-state index contributed by atoms with van der Waals surface area (Å²) in [5.41, 5.74) is 0.261. The van der Waals surface area contributed by atoms with Crippen molar-refractivity contribution in [2.45, 2.75) is 69.4 Å². The number of aliphatic hydroxyl groups is 1. The molecule has 6 aliphatic rings. The van der Waals surface area contributed by atoms with Crippen LogP contribution in [0.15, 0.2) is 22.9 Å². The predicted molar refractivity (Wildman–Crippen MR) is 101 cm³/mol. The van der Waals surface area contributed by atoms with Gasteiger partial charge in [0.1, 0.15) is 11.3 Å². The molecule has 1 unspecified atom stereocenters. The molecular formula is C22H29NO6. The zero-order valence-electron chi connectivity index (χ0n) is 17.3. The molecule has 29 heavy (non-hydrogen) atoms. The number of methoxy groups -OCH3 is 1. The van der Waals surface area contributed by atoms with E-state index in [1.807, 2.05) is 0 Å². The van der Waals surface area contributed by atoms with Gasteiger partial charge in [0, 0.05) is 17.9 Å². The van der Waals surface area contributed by atoms with Gasteiger partial charge in [0.05, 0.1) is 31.3 Å². The molecule has 0 saturated carbocycles. The quantitative estimate of drug-likeness (QED) is 0.704. The first-order valence-electron chi connectivity index (χ1n) is 11.0. The van der Waals surface area contributed by atoms with Gasteiger partial charge in [0.25, 0.3) is 0 Å². The number of cyclic esters (lactones) is 1. The Labute approximate surface area is 170 Å². The second-order valence-electron chi connectivity index (χ2n) is 9.43. The Bertz CT molecular complexity index is 850. The second kappa shape index (κ2) is 5.77. The number of hydrogen-bond donors (Lipinski definition) is 1. The molecule has 0 aromatic carbocycles. The molecule has 0 amide bonds. The minimum Gasteiger partial charge on any atom is -0.492 e. The van der Waals surface area contributed by atoms with E-state index in [0.29, 0.717) is 29.2 Å². The van der Waals surface area contributed by atoms with Crippen LogP contribution in [0.2, 0.25) is 0 Å². The topological polar surface area (TPSA) is 77.5 Å². The van der Waals surface area contributed by atoms with E-state index < -0.39 is 18.4 Å². The van der Waals surface area contributed by atoms with Crippen LogP contribution in [0.1, 0.15) is 46.0 Å². The summed E-state index contributed by atoms with van der Waals surface area (Å²) in [7, 11) is 1.49. The van der Waals surface area contributed by atoms with Crippen molar-refractivity contribution < 1.29 is 28.8 Å². The van der Waals surface area contributed by atoms with Gasteiger partial charge in [-0.15, -0.1) is 0 Å². The summed E-state index contributed by atoms with van der Waals surface area (Å²) >= 11 is 0. The lowest BCUT2D eigenvalue weighted by Crippen LogP contribution is -2.61. The van der Waals surface area contributed by atoms with E-state index in [9.17, 15) is 9.90 Å². The molecule has 8 atom stereocenters. The van der Waals surface area contributed by atoms with Gasteiger partial charge in [-0.3, -0.25) is 4.90 Å². The van der Waals surface area contributed by atoms with E-state index in [-0.39, 0.29) is 29.1 Å². The van der Waals surface area contributed by atoms with Crippen molar-refractivity contribution in [1.82, 2.24) is 4.90 Å². The van der Waals surface area contributed by atoms with Gasteiger partial charge >= 0.3 is 5.97 Å². The lowest BCUT2D eigenvalue weighted by atomic mass is 9.69. The number of aliphatic hydroxyl groups excluding tert-OH is 1. The number of unbranched alkanes of at least 4 members (excludes halogenated alkanes) is 1. The summed E-state index contributed by atoms with van der Waals surface area (Å²) < 4.78 is 24.5. The summed E-state index contributed by atoms with van der Waals surface area (Å²) in [6, 6.07) is 0.446. The zero-order valence-corrected chi connectivity index (χ0v) is 17.3. The summed E-state index contributed by atoms with van der Waals surface area (Å²) in [5.74, 6) is 0.712. The number of ether oxygens (including phenoxy) is 4. The molecule has 6 heterocycles. The SMILES string of the molecule is CCCC[C@@]12[C@@H]3C[C@H]4[C@H]5[C@H](C)C(=C6OC(=O)C(CO)=C6OC)O[C@]5(O3)[C@@H]1CCN42. The van der Waals surface area contributed by atoms with Gasteiger partial charge < -0.3 is 24.1 Å². The van der Waals surface area contributed by atoms with E-state index >= 15 is 0 Å². The maximum absolute atomic E-state index is 12.2. The second-order valence-corrected chi connectivity index (χ2v) is 9.43. The number of esters is 1. The number of rotatable bonds is 5. The minimum atomic E-state index is -0.622. The number of carbonyl (C=O) groups is 1. The van der Waals surface area contributed by atoms with Crippen molar-refractivity contribution in [1.29, 1.82) is 0 Å². The number of allylic oxidation sites excluding steroid dienone is 1. The van der Waals surface area contributed by atoms with Crippen molar-refractivity contribution in [3.63, 3.8) is 0 Å². The molecule has 158 valence electrons. The molecule has 5 saturated heterocycles. The average molecular weight is 403 g/mol. The van der Waals surface area contributed by atoms with Crippen molar-refractivity contribution in [2.24, 2.45) is 17.8 Å². The van der Waals surface area contributed by atoms with Gasteiger partial charge in [-0.05, 0) is 25.8 Å². The van der Waals surface area contributed by atoms with Crippen LogP contribution in [0, 0.1) is 17.8 Å². The molecule has 5 bridgehead atoms. The highest BCUT2D eigenvalue weighted by molar-refractivity contribution is 5.94. The van der Waals surface area contributed by atoms with Crippen molar-refractivity contribution in [2.75, 3.05) is 20.3 Å². The minimum absolute atomic E-state index is 0.0531. The van der Waals surface area contributed by atoms with Crippen LogP contribution in [0.4, 0.5) is 0 Å². The number of nitrogens with zero attached hydrogens (tertiary/aromatic N) is 1. The molecule has 6 rings (SSSR count). The fraction of sp³-hybridized carbons (Fsp3) is 0.773. The van der Waals surface area contributed by atoms with Crippen molar-refractivity contribution in [3.05, 3.63) is 22.9 Å². The summed E-state index contributed by atoms with van der Waals surface area (Å²) in [5, 5.41) is 9.59. The molecule has 1 spiro atoms. The zero-order chi connectivity index (χ0) is 20.1. The van der Waals surface area contributed by atoms with Crippen LogP contribution in [0.5, 0.6) is 0 Å². The predicted octanol–water partition coefficient (Wildman–Crippen LogP) is 2.06. The third kappa shape index (κ3) is 1.85. The van der Waals surface area contributed by atoms with Crippen LogP contribution in [0.3, 0.4) is 0 Å². The van der Waals surface area contributed by atoms with E-state index in [4.69, 9.17) is 18.9 Å². The summed E-state index contributed by atoms with van der Waals surface area (Å²) in [6.45, 7) is 5.11. The number of hydrogen-bond acceptors (Lipinski definition) is 7. The molecule has 0 aromatic rings. The highest BCUT2D eigenvalue weighted by Gasteiger charge is 2.84. The lowest BCUT2D eigenvalue weighted by Gasteiger charge is -2.48. The van der Waals surface area contributed by atoms with E-state index in [0.717, 1.165) is 19.4 Å². The maximum Gasteiger partial charge on any atom is 0.345 e. The van der Waals surface area contributed by atoms with Crippen molar-refractivity contribution >= 4 is 5.97 Å². The van der Waals surface area contributed by atoms with Crippen LogP contribution >= 0.6 is 0 Å². The Kier molecular flexibility index (Phi) is 3.62. The Morgan fingerprint density at radius 2 is 2.21 bits per heavy atom. The van der Waals surface area contributed by atoms with Crippen LogP contribution < -0.4 is 0 Å². The smallest absolute Gasteiger partial charge is 0.345 e. The monoisotopic (exact) mass is 403 g/mol. The fourth-order valence-corrected chi connectivity index (χ4v) is 7.69. The largest absolute Gasteiger partial charge is 0.492 e. The number of fused-ring (bicyclic) bond motifs is 1. The fourth-order valence-electron chi connectivity index (χ4n) is 7.69. The molecule has 0 radical (unpaired) electrons. The molecule has 1 N–H and O–H groups in total. The average Bonchev–Trinajstić information content (AvgIpc) is 3.42. The summed E-state index contributed by atoms with van der Waals surface area (Å²) in [4.78, 5) is 15.0. The third-order valence-electron chi connectivity index (χ3n) is 8.56.